The number of anilines is 1. The predicted octanol–water partition coefficient (Wildman–Crippen LogP) is 1.97. The summed E-state index contributed by atoms with van der Waals surface area (Å²) in [6.07, 6.45) is 1.26. The summed E-state index contributed by atoms with van der Waals surface area (Å²) in [6.45, 7) is 4.06. The number of fused-ring (bicyclic) bond motifs is 1. The Kier molecular flexibility index (Phi) is 4.16. The molecule has 3 aliphatic rings. The first-order chi connectivity index (χ1) is 12.4. The Labute approximate surface area is 153 Å². The van der Waals surface area contributed by atoms with Crippen LogP contribution in [-0.4, -0.2) is 60.1 Å². The molecule has 0 unspecified atom stereocenters. The molecule has 3 heterocycles. The Hall–Kier alpha value is -2.45. The van der Waals surface area contributed by atoms with Crippen molar-refractivity contribution in [3.05, 3.63) is 42.2 Å². The van der Waals surface area contributed by atoms with Gasteiger partial charge in [-0.15, -0.1) is 0 Å². The van der Waals surface area contributed by atoms with Crippen molar-refractivity contribution in [3.8, 4) is 22.6 Å². The van der Waals surface area contributed by atoms with Gasteiger partial charge < -0.3 is 9.88 Å². The zero-order chi connectivity index (χ0) is 18.3. The lowest BCUT2D eigenvalue weighted by atomic mass is 10.1. The van der Waals surface area contributed by atoms with E-state index >= 15 is 0 Å². The minimum Gasteiger partial charge on any atom is -0.352 e. The van der Waals surface area contributed by atoms with Gasteiger partial charge in [0.2, 0.25) is 10.0 Å². The van der Waals surface area contributed by atoms with E-state index in [-0.39, 0.29) is 0 Å². The largest absolute Gasteiger partial charge is 0.352 e. The average molecular weight is 371 g/mol. The minimum atomic E-state index is -3.15. The van der Waals surface area contributed by atoms with E-state index in [1.807, 2.05) is 43.3 Å². The Morgan fingerprint density at radius 3 is 2.38 bits per heavy atom. The Balaban J connectivity index is 1.69. The molecular weight excluding hydrogens is 350 g/mol. The van der Waals surface area contributed by atoms with E-state index in [1.165, 1.54) is 10.6 Å². The van der Waals surface area contributed by atoms with Gasteiger partial charge in [0.05, 0.1) is 17.6 Å². The molecule has 1 saturated heterocycles. The number of benzene rings is 1. The zero-order valence-electron chi connectivity index (χ0n) is 14.8. The fourth-order valence-corrected chi connectivity index (χ4v) is 4.15. The molecule has 3 aliphatic heterocycles. The highest BCUT2D eigenvalue weighted by Gasteiger charge is 2.27. The molecule has 1 aromatic rings. The highest BCUT2D eigenvalue weighted by atomic mass is 32.2. The minimum absolute atomic E-state index is 0.464. The van der Waals surface area contributed by atoms with Crippen molar-refractivity contribution in [2.45, 2.75) is 6.92 Å². The van der Waals surface area contributed by atoms with Crippen LogP contribution >= 0.6 is 0 Å². The quantitative estimate of drug-likeness (QED) is 0.761. The molecule has 0 saturated carbocycles. The smallest absolute Gasteiger partial charge is 0.211 e. The Morgan fingerprint density at radius 1 is 1.04 bits per heavy atom. The highest BCUT2D eigenvalue weighted by Crippen LogP contribution is 2.34. The number of nitrogens with zero attached hydrogens (tertiary/aromatic N) is 4. The van der Waals surface area contributed by atoms with Gasteiger partial charge in [-0.25, -0.2) is 18.4 Å². The fraction of sp³-hybridized carbons (Fsp3) is 0.333. The molecule has 0 aliphatic carbocycles. The van der Waals surface area contributed by atoms with Gasteiger partial charge >= 0.3 is 0 Å². The molecule has 26 heavy (non-hydrogen) atoms. The summed E-state index contributed by atoms with van der Waals surface area (Å²) < 4.78 is 25.0. The molecule has 0 atom stereocenters. The average Bonchev–Trinajstić information content (AvgIpc) is 3.05. The molecule has 8 heteroatoms. The lowest BCUT2D eigenvalue weighted by Crippen LogP contribution is -2.48. The molecule has 0 bridgehead atoms. The molecular formula is C18H21N5O2S. The topological polar surface area (TPSA) is 82.2 Å². The van der Waals surface area contributed by atoms with Crippen LogP contribution in [0, 0.1) is 6.92 Å². The lowest BCUT2D eigenvalue weighted by Gasteiger charge is -2.34. The first-order valence-electron chi connectivity index (χ1n) is 8.55. The maximum absolute atomic E-state index is 11.7. The van der Waals surface area contributed by atoms with Gasteiger partial charge in [0.15, 0.2) is 5.82 Å². The van der Waals surface area contributed by atoms with Gasteiger partial charge in [0.25, 0.3) is 0 Å². The number of aryl methyl sites for hydroxylation is 1. The van der Waals surface area contributed by atoms with E-state index in [4.69, 9.17) is 4.98 Å². The number of nitrogens with one attached hydrogen (secondary N) is 1. The first kappa shape index (κ1) is 17.0. The second kappa shape index (κ2) is 6.37. The monoisotopic (exact) mass is 371 g/mol. The zero-order valence-corrected chi connectivity index (χ0v) is 15.6. The van der Waals surface area contributed by atoms with Crippen LogP contribution < -0.4 is 4.90 Å². The van der Waals surface area contributed by atoms with Crippen LogP contribution in [0.25, 0.3) is 22.6 Å². The third-order valence-electron chi connectivity index (χ3n) is 4.65. The number of aromatic amines is 1. The van der Waals surface area contributed by atoms with Crippen molar-refractivity contribution < 1.29 is 8.42 Å². The third-order valence-corrected chi connectivity index (χ3v) is 5.95. The number of hydrogen-bond donors (Lipinski definition) is 1. The number of piperazine rings is 1. The van der Waals surface area contributed by atoms with Gasteiger partial charge in [0, 0.05) is 31.7 Å². The predicted molar refractivity (Wildman–Crippen MR) is 102 cm³/mol. The normalized spacial score (nSPS) is 16.3. The molecule has 0 amide bonds. The SMILES string of the molecule is Cc1nc(N2CCN(S(C)(=O)=O)CC2)c2nc(-c3ccccc3)cc-2[nH]1. The maximum Gasteiger partial charge on any atom is 0.211 e. The standard InChI is InChI=1S/C18H21N5O2S/c1-13-19-16-12-15(14-6-4-3-5-7-14)21-17(16)18(20-13)22-8-10-23(11-9-22)26(2,24)25/h3-7,12H,8-11H2,1-2H3,(H,19,20). The van der Waals surface area contributed by atoms with Crippen LogP contribution in [0.4, 0.5) is 5.82 Å². The summed E-state index contributed by atoms with van der Waals surface area (Å²) in [5.74, 6) is 1.62. The summed E-state index contributed by atoms with van der Waals surface area (Å²) >= 11 is 0. The molecule has 136 valence electrons. The van der Waals surface area contributed by atoms with E-state index < -0.39 is 10.0 Å². The van der Waals surface area contributed by atoms with Gasteiger partial charge in [-0.05, 0) is 13.0 Å². The second-order valence-electron chi connectivity index (χ2n) is 6.56. The van der Waals surface area contributed by atoms with E-state index in [9.17, 15) is 8.42 Å². The van der Waals surface area contributed by atoms with Crippen LogP contribution in [0.5, 0.6) is 0 Å². The van der Waals surface area contributed by atoms with Crippen LogP contribution in [0.3, 0.4) is 0 Å². The molecule has 7 nitrogen and oxygen atoms in total. The summed E-state index contributed by atoms with van der Waals surface area (Å²) in [5, 5.41) is 0. The van der Waals surface area contributed by atoms with Crippen LogP contribution in [-0.2, 0) is 10.0 Å². The third kappa shape index (κ3) is 3.17. The number of sulfonamides is 1. The number of aromatic nitrogens is 3. The van der Waals surface area contributed by atoms with Crippen LogP contribution in [0.15, 0.2) is 36.4 Å². The Bertz CT molecular complexity index is 992. The van der Waals surface area contributed by atoms with Crippen molar-refractivity contribution in [1.29, 1.82) is 0 Å². The fourth-order valence-electron chi connectivity index (χ4n) is 3.33. The second-order valence-corrected chi connectivity index (χ2v) is 8.55. The van der Waals surface area contributed by atoms with Crippen molar-refractivity contribution >= 4 is 15.8 Å². The number of rotatable bonds is 3. The van der Waals surface area contributed by atoms with Gasteiger partial charge in [-0.3, -0.25) is 0 Å². The molecule has 1 N–H and O–H groups in total. The molecule has 1 fully saturated rings. The number of H-pyrrole nitrogens is 1. The van der Waals surface area contributed by atoms with Crippen LogP contribution in [0.2, 0.25) is 0 Å². The molecule has 4 rings (SSSR count). The van der Waals surface area contributed by atoms with Crippen molar-refractivity contribution in [1.82, 2.24) is 19.3 Å². The summed E-state index contributed by atoms with van der Waals surface area (Å²) in [7, 11) is -3.15. The summed E-state index contributed by atoms with van der Waals surface area (Å²) in [5.41, 5.74) is 3.72. The summed E-state index contributed by atoms with van der Waals surface area (Å²) in [4.78, 5) is 14.9. The van der Waals surface area contributed by atoms with Crippen molar-refractivity contribution in [3.63, 3.8) is 0 Å². The van der Waals surface area contributed by atoms with Crippen LogP contribution in [0.1, 0.15) is 5.82 Å². The maximum atomic E-state index is 11.7. The lowest BCUT2D eigenvalue weighted by molar-refractivity contribution is 0.387. The van der Waals surface area contributed by atoms with E-state index in [0.29, 0.717) is 26.2 Å². The van der Waals surface area contributed by atoms with Gasteiger partial charge in [-0.2, -0.15) is 4.31 Å². The molecule has 0 radical (unpaired) electrons. The van der Waals surface area contributed by atoms with E-state index in [2.05, 4.69) is 14.9 Å². The molecule has 0 aromatic heterocycles. The highest BCUT2D eigenvalue weighted by molar-refractivity contribution is 7.88. The molecule has 1 aromatic carbocycles. The van der Waals surface area contributed by atoms with Crippen molar-refractivity contribution in [2.75, 3.05) is 37.3 Å². The number of hydrogen-bond acceptors (Lipinski definition) is 5. The van der Waals surface area contributed by atoms with E-state index in [1.54, 1.807) is 0 Å². The first-order valence-corrected chi connectivity index (χ1v) is 10.4. The summed E-state index contributed by atoms with van der Waals surface area (Å²) in [6, 6.07) is 12.1. The van der Waals surface area contributed by atoms with E-state index in [0.717, 1.165) is 34.3 Å². The van der Waals surface area contributed by atoms with Crippen molar-refractivity contribution in [2.24, 2.45) is 0 Å². The molecule has 0 spiro atoms. The Morgan fingerprint density at radius 2 is 1.73 bits per heavy atom. The van der Waals surface area contributed by atoms with Gasteiger partial charge in [-0.1, -0.05) is 30.3 Å². The van der Waals surface area contributed by atoms with Gasteiger partial charge in [0.1, 0.15) is 11.5 Å².